The van der Waals surface area contributed by atoms with Crippen LogP contribution in [-0.2, 0) is 4.74 Å². The van der Waals surface area contributed by atoms with Gasteiger partial charge in [-0.2, -0.15) is 0 Å². The van der Waals surface area contributed by atoms with E-state index in [0.717, 1.165) is 26.1 Å². The van der Waals surface area contributed by atoms with E-state index < -0.39 is 0 Å². The molecule has 0 spiro atoms. The van der Waals surface area contributed by atoms with E-state index in [4.69, 9.17) is 10.6 Å². The first kappa shape index (κ1) is 14.3. The van der Waals surface area contributed by atoms with Crippen molar-refractivity contribution in [3.8, 4) is 11.1 Å². The molecular formula is C18H22N2O. The lowest BCUT2D eigenvalue weighted by Crippen LogP contribution is -2.29. The maximum absolute atomic E-state index is 5.74. The van der Waals surface area contributed by atoms with E-state index in [0.29, 0.717) is 5.92 Å². The van der Waals surface area contributed by atoms with Gasteiger partial charge in [0.2, 0.25) is 0 Å². The third-order valence-corrected chi connectivity index (χ3v) is 4.21. The number of hydrogen-bond acceptors (Lipinski definition) is 3. The zero-order valence-corrected chi connectivity index (χ0v) is 12.2. The van der Waals surface area contributed by atoms with Gasteiger partial charge in [0.05, 0.1) is 0 Å². The molecule has 110 valence electrons. The summed E-state index contributed by atoms with van der Waals surface area (Å²) in [5, 5.41) is 0. The van der Waals surface area contributed by atoms with Crippen LogP contribution in [0.3, 0.4) is 0 Å². The van der Waals surface area contributed by atoms with Crippen LogP contribution in [0.5, 0.6) is 0 Å². The van der Waals surface area contributed by atoms with Gasteiger partial charge in [0.1, 0.15) is 0 Å². The molecule has 0 saturated carbocycles. The number of hydrogen-bond donors (Lipinski definition) is 2. The Morgan fingerprint density at radius 2 is 1.76 bits per heavy atom. The second kappa shape index (κ2) is 6.85. The van der Waals surface area contributed by atoms with Crippen molar-refractivity contribution in [3.63, 3.8) is 0 Å². The van der Waals surface area contributed by atoms with Crippen LogP contribution in [0.2, 0.25) is 0 Å². The minimum Gasteiger partial charge on any atom is -0.381 e. The summed E-state index contributed by atoms with van der Waals surface area (Å²) in [4.78, 5) is 0. The summed E-state index contributed by atoms with van der Waals surface area (Å²) in [6.07, 6.45) is 2.17. The molecular weight excluding hydrogens is 260 g/mol. The number of benzene rings is 2. The van der Waals surface area contributed by atoms with E-state index in [2.05, 4.69) is 54.0 Å². The highest BCUT2D eigenvalue weighted by Gasteiger charge is 2.21. The molecule has 1 heterocycles. The Labute approximate surface area is 126 Å². The maximum Gasteiger partial charge on any atom is 0.0495 e. The summed E-state index contributed by atoms with van der Waals surface area (Å²) in [7, 11) is 0. The smallest absolute Gasteiger partial charge is 0.0495 e. The van der Waals surface area contributed by atoms with Crippen molar-refractivity contribution in [2.75, 3.05) is 13.2 Å². The Morgan fingerprint density at radius 1 is 1.05 bits per heavy atom. The summed E-state index contributed by atoms with van der Waals surface area (Å²) in [5.41, 5.74) is 6.67. The van der Waals surface area contributed by atoms with Crippen molar-refractivity contribution >= 4 is 0 Å². The Bertz CT molecular complexity index is 547. The molecule has 0 aromatic heterocycles. The lowest BCUT2D eigenvalue weighted by atomic mass is 9.93. The molecule has 3 heteroatoms. The van der Waals surface area contributed by atoms with E-state index in [1.165, 1.54) is 16.7 Å². The number of hydrazine groups is 1. The van der Waals surface area contributed by atoms with Crippen LogP contribution in [-0.4, -0.2) is 13.2 Å². The minimum absolute atomic E-state index is 0.196. The van der Waals surface area contributed by atoms with Crippen LogP contribution in [0.25, 0.3) is 11.1 Å². The molecule has 1 saturated heterocycles. The Hall–Kier alpha value is -1.68. The Morgan fingerprint density at radius 3 is 2.38 bits per heavy atom. The number of ether oxygens (including phenoxy) is 1. The normalized spacial score (nSPS) is 19.6. The highest BCUT2D eigenvalue weighted by molar-refractivity contribution is 5.63. The summed E-state index contributed by atoms with van der Waals surface area (Å²) in [5.74, 6) is 6.35. The summed E-state index contributed by atoms with van der Waals surface area (Å²) in [6.45, 7) is 1.75. The van der Waals surface area contributed by atoms with E-state index >= 15 is 0 Å². The lowest BCUT2D eigenvalue weighted by molar-refractivity contribution is 0.181. The molecule has 3 rings (SSSR count). The minimum atomic E-state index is 0.196. The topological polar surface area (TPSA) is 47.3 Å². The molecule has 2 aromatic carbocycles. The molecule has 0 aliphatic carbocycles. The predicted octanol–water partition coefficient (Wildman–Crippen LogP) is 3.28. The van der Waals surface area contributed by atoms with Crippen LogP contribution in [0.4, 0.5) is 0 Å². The van der Waals surface area contributed by atoms with Gasteiger partial charge in [0, 0.05) is 19.3 Å². The van der Waals surface area contributed by atoms with Crippen molar-refractivity contribution in [3.05, 3.63) is 60.2 Å². The average Bonchev–Trinajstić information content (AvgIpc) is 3.07. The zero-order chi connectivity index (χ0) is 14.5. The molecule has 0 amide bonds. The summed E-state index contributed by atoms with van der Waals surface area (Å²) < 4.78 is 5.45. The predicted molar refractivity (Wildman–Crippen MR) is 85.5 cm³/mol. The highest BCUT2D eigenvalue weighted by atomic mass is 16.5. The monoisotopic (exact) mass is 282 g/mol. The Balaban J connectivity index is 1.72. The van der Waals surface area contributed by atoms with Crippen molar-refractivity contribution in [2.45, 2.75) is 18.9 Å². The van der Waals surface area contributed by atoms with Crippen LogP contribution >= 0.6 is 0 Å². The fraction of sp³-hybridized carbons (Fsp3) is 0.333. The average molecular weight is 282 g/mol. The number of nitrogens with two attached hydrogens (primary N) is 1. The molecule has 0 bridgehead atoms. The third-order valence-electron chi connectivity index (χ3n) is 4.21. The third kappa shape index (κ3) is 3.50. The van der Waals surface area contributed by atoms with E-state index in [9.17, 15) is 0 Å². The van der Waals surface area contributed by atoms with Crippen LogP contribution in [0, 0.1) is 5.92 Å². The lowest BCUT2D eigenvalue weighted by Gasteiger charge is -2.19. The largest absolute Gasteiger partial charge is 0.381 e. The summed E-state index contributed by atoms with van der Waals surface area (Å²) in [6, 6.07) is 19.3. The van der Waals surface area contributed by atoms with Gasteiger partial charge in [-0.25, -0.2) is 0 Å². The highest BCUT2D eigenvalue weighted by Crippen LogP contribution is 2.27. The van der Waals surface area contributed by atoms with Gasteiger partial charge in [-0.05, 0) is 35.4 Å². The van der Waals surface area contributed by atoms with Crippen LogP contribution in [0.15, 0.2) is 54.6 Å². The van der Waals surface area contributed by atoms with Gasteiger partial charge in [0.15, 0.2) is 0 Å². The fourth-order valence-electron chi connectivity index (χ4n) is 2.94. The second-order valence-corrected chi connectivity index (χ2v) is 5.67. The van der Waals surface area contributed by atoms with Gasteiger partial charge in [0.25, 0.3) is 0 Å². The van der Waals surface area contributed by atoms with Crippen LogP contribution < -0.4 is 11.3 Å². The van der Waals surface area contributed by atoms with Crippen molar-refractivity contribution in [1.29, 1.82) is 0 Å². The molecule has 1 fully saturated rings. The molecule has 1 aliphatic rings. The van der Waals surface area contributed by atoms with Gasteiger partial charge in [-0.1, -0.05) is 54.6 Å². The van der Waals surface area contributed by atoms with Crippen LogP contribution in [0.1, 0.15) is 24.4 Å². The van der Waals surface area contributed by atoms with Gasteiger partial charge < -0.3 is 4.74 Å². The van der Waals surface area contributed by atoms with E-state index in [1.54, 1.807) is 0 Å². The summed E-state index contributed by atoms with van der Waals surface area (Å²) >= 11 is 0. The molecule has 3 N–H and O–H groups in total. The molecule has 2 unspecified atom stereocenters. The SMILES string of the molecule is NNC(CC1CCOC1)c1ccc(-c2ccccc2)cc1. The van der Waals surface area contributed by atoms with Gasteiger partial charge in [-0.3, -0.25) is 11.3 Å². The first-order chi connectivity index (χ1) is 10.4. The van der Waals surface area contributed by atoms with E-state index in [1.807, 2.05) is 6.07 Å². The molecule has 0 radical (unpaired) electrons. The maximum atomic E-state index is 5.74. The van der Waals surface area contributed by atoms with Crippen molar-refractivity contribution in [2.24, 2.45) is 11.8 Å². The first-order valence-corrected chi connectivity index (χ1v) is 7.56. The Kier molecular flexibility index (Phi) is 4.65. The number of rotatable bonds is 5. The quantitative estimate of drug-likeness (QED) is 0.653. The first-order valence-electron chi connectivity index (χ1n) is 7.56. The van der Waals surface area contributed by atoms with Gasteiger partial charge in [-0.15, -0.1) is 0 Å². The molecule has 2 aromatic rings. The molecule has 3 nitrogen and oxygen atoms in total. The van der Waals surface area contributed by atoms with Crippen molar-refractivity contribution < 1.29 is 4.74 Å². The molecule has 2 atom stereocenters. The second-order valence-electron chi connectivity index (χ2n) is 5.67. The van der Waals surface area contributed by atoms with Gasteiger partial charge >= 0.3 is 0 Å². The fourth-order valence-corrected chi connectivity index (χ4v) is 2.94. The standard InChI is InChI=1S/C18H22N2O/c19-20-18(12-14-10-11-21-13-14)17-8-6-16(7-9-17)15-4-2-1-3-5-15/h1-9,14,18,20H,10-13,19H2. The molecule has 21 heavy (non-hydrogen) atoms. The van der Waals surface area contributed by atoms with Crippen molar-refractivity contribution in [1.82, 2.24) is 5.43 Å². The molecule has 1 aliphatic heterocycles. The zero-order valence-electron chi connectivity index (χ0n) is 12.2. The van der Waals surface area contributed by atoms with E-state index in [-0.39, 0.29) is 6.04 Å². The number of nitrogens with one attached hydrogen (secondary N) is 1.